The molecule has 3 aliphatic heterocycles. The number of alkyl carbamates (subject to hydrolysis) is 2. The predicted molar refractivity (Wildman–Crippen MR) is 215 cm³/mol. The summed E-state index contributed by atoms with van der Waals surface area (Å²) in [7, 11) is 2.60. The molecule has 3 fully saturated rings. The normalized spacial score (nSPS) is 22.7. The van der Waals surface area contributed by atoms with Gasteiger partial charge in [-0.3, -0.25) is 14.6 Å². The number of aromatic amines is 1. The first-order chi connectivity index (χ1) is 27.4. The number of fused-ring (bicyclic) bond motifs is 5. The molecule has 4 aliphatic rings. The molecule has 2 saturated heterocycles. The summed E-state index contributed by atoms with van der Waals surface area (Å²) >= 11 is 0. The van der Waals surface area contributed by atoms with E-state index in [9.17, 15) is 19.2 Å². The molecule has 3 N–H and O–H groups in total. The van der Waals surface area contributed by atoms with Crippen molar-refractivity contribution in [2.75, 3.05) is 20.8 Å². The van der Waals surface area contributed by atoms with Crippen LogP contribution in [-0.4, -0.2) is 94.4 Å². The number of methoxy groups -OCH3 is 2. The topological polar surface area (TPSA) is 171 Å². The lowest BCUT2D eigenvalue weighted by molar-refractivity contribution is -0.137. The minimum Gasteiger partial charge on any atom is -0.456 e. The maximum Gasteiger partial charge on any atom is 0.407 e. The number of imidazole rings is 1. The number of ether oxygens (including phenoxy) is 2. The molecule has 0 unspecified atom stereocenters. The van der Waals surface area contributed by atoms with Gasteiger partial charge in [0.2, 0.25) is 11.8 Å². The van der Waals surface area contributed by atoms with Crippen LogP contribution in [0.1, 0.15) is 83.6 Å². The molecule has 4 amide bonds. The summed E-state index contributed by atoms with van der Waals surface area (Å²) in [6.45, 7) is 8.25. The molecule has 0 spiro atoms. The smallest absolute Gasteiger partial charge is 0.407 e. The number of hydrogen-bond donors (Lipinski definition) is 3. The van der Waals surface area contributed by atoms with E-state index in [1.54, 1.807) is 11.1 Å². The number of nitrogens with zero attached hydrogens (tertiary/aromatic N) is 4. The van der Waals surface area contributed by atoms with Gasteiger partial charge < -0.3 is 39.3 Å². The Kier molecular flexibility index (Phi) is 10.3. The van der Waals surface area contributed by atoms with Crippen LogP contribution in [-0.2, 0) is 19.1 Å². The van der Waals surface area contributed by atoms with Gasteiger partial charge in [-0.25, -0.2) is 14.6 Å². The molecule has 6 atom stereocenters. The Hall–Kier alpha value is -5.66. The van der Waals surface area contributed by atoms with Gasteiger partial charge in [-0.2, -0.15) is 0 Å². The standard InChI is InChI=1S/C43H51N7O7/c1-22(2)36(47-42(53)55-5)40(51)49-15-7-8-33(49)39-45-21-32(46-39)25-11-14-30-29-13-10-24(18-34(29)57-35(30)19-25)27-17-31(44-20-27)38-26-9-12-28(16-26)50(38)41(52)37(23(3)4)48-43(54)56-6/h10-11,13-14,18-23,26,28,33,36-38H,7-9,12,15-17H2,1-6H3,(H,45,46)(H,47,53)(H,48,54)/t26-,28+,33-,36-,37-,38-/m0/s1. The highest BCUT2D eigenvalue weighted by Gasteiger charge is 2.52. The van der Waals surface area contributed by atoms with Gasteiger partial charge in [0, 0.05) is 47.3 Å². The fourth-order valence-electron chi connectivity index (χ4n) is 9.39. The molecule has 0 radical (unpaired) electrons. The van der Waals surface area contributed by atoms with Crippen molar-refractivity contribution in [1.82, 2.24) is 30.4 Å². The Labute approximate surface area is 331 Å². The minimum atomic E-state index is -0.702. The summed E-state index contributed by atoms with van der Waals surface area (Å²) in [5.74, 6) is 0.617. The minimum absolute atomic E-state index is 0.0708. The summed E-state index contributed by atoms with van der Waals surface area (Å²) < 4.78 is 16.1. The van der Waals surface area contributed by atoms with Crippen molar-refractivity contribution in [3.63, 3.8) is 0 Å². The Morgan fingerprint density at radius 2 is 1.51 bits per heavy atom. The number of allylic oxidation sites excluding steroid dienone is 1. The molecule has 2 aromatic carbocycles. The molecule has 300 valence electrons. The Morgan fingerprint density at radius 3 is 2.18 bits per heavy atom. The van der Waals surface area contributed by atoms with Crippen molar-refractivity contribution < 1.29 is 33.1 Å². The summed E-state index contributed by atoms with van der Waals surface area (Å²) in [6.07, 6.45) is 7.69. The van der Waals surface area contributed by atoms with E-state index in [0.29, 0.717) is 24.7 Å². The van der Waals surface area contributed by atoms with Crippen LogP contribution in [0.25, 0.3) is 38.8 Å². The number of hydrogen-bond acceptors (Lipinski definition) is 9. The van der Waals surface area contributed by atoms with Gasteiger partial charge in [-0.1, -0.05) is 39.8 Å². The molecule has 5 heterocycles. The highest BCUT2D eigenvalue weighted by molar-refractivity contribution is 6.08. The Morgan fingerprint density at radius 1 is 0.860 bits per heavy atom. The predicted octanol–water partition coefficient (Wildman–Crippen LogP) is 6.97. The van der Waals surface area contributed by atoms with Gasteiger partial charge in [0.05, 0.1) is 38.2 Å². The zero-order valence-corrected chi connectivity index (χ0v) is 33.3. The number of nitrogens with one attached hydrogen (secondary N) is 3. The molecule has 1 aliphatic carbocycles. The molecule has 2 bridgehead atoms. The zero-order chi connectivity index (χ0) is 40.1. The quantitative estimate of drug-likeness (QED) is 0.155. The number of rotatable bonds is 10. The number of H-pyrrole nitrogens is 1. The summed E-state index contributed by atoms with van der Waals surface area (Å²) in [5, 5.41) is 7.48. The summed E-state index contributed by atoms with van der Waals surface area (Å²) in [4.78, 5) is 68.7. The second kappa shape index (κ2) is 15.4. The van der Waals surface area contributed by atoms with Crippen molar-refractivity contribution in [3.05, 3.63) is 60.2 Å². The number of aromatic nitrogens is 2. The monoisotopic (exact) mass is 777 g/mol. The van der Waals surface area contributed by atoms with Crippen LogP contribution in [0.3, 0.4) is 0 Å². The van der Waals surface area contributed by atoms with Crippen LogP contribution in [0.15, 0.2) is 58.2 Å². The van der Waals surface area contributed by atoms with E-state index >= 15 is 0 Å². The second-order valence-corrected chi connectivity index (χ2v) is 16.5. The SMILES string of the molecule is COC(=O)N[C@H](C(=O)N1CCC[C@H]1c1ncc(-c2ccc3c(c2)oc2cc(C4=CN=C([C@@H]5[C@H]6CC[C@H](C6)N5C(=O)[C@@H](NC(=O)OC)C(C)C)C4)ccc23)[nH]1)C(C)C. The highest BCUT2D eigenvalue weighted by Crippen LogP contribution is 2.46. The van der Waals surface area contributed by atoms with Crippen LogP contribution >= 0.6 is 0 Å². The van der Waals surface area contributed by atoms with Crippen molar-refractivity contribution in [1.29, 1.82) is 0 Å². The molecule has 14 nitrogen and oxygen atoms in total. The number of likely N-dealkylation sites (tertiary alicyclic amines) is 2. The first-order valence-corrected chi connectivity index (χ1v) is 20.0. The first kappa shape index (κ1) is 38.2. The zero-order valence-electron chi connectivity index (χ0n) is 33.3. The third-order valence-corrected chi connectivity index (χ3v) is 12.3. The van der Waals surface area contributed by atoms with E-state index in [1.165, 1.54) is 14.2 Å². The van der Waals surface area contributed by atoms with Gasteiger partial charge in [-0.05, 0) is 85.3 Å². The number of amides is 4. The molecular formula is C43H51N7O7. The van der Waals surface area contributed by atoms with Crippen molar-refractivity contribution in [2.45, 2.75) is 96.4 Å². The lowest BCUT2D eigenvalue weighted by Gasteiger charge is -2.38. The highest BCUT2D eigenvalue weighted by atomic mass is 16.5. The number of piperidine rings is 1. The summed E-state index contributed by atoms with van der Waals surface area (Å²) in [5.41, 5.74) is 6.32. The lowest BCUT2D eigenvalue weighted by Crippen LogP contribution is -2.57. The number of carbonyl (C=O) groups excluding carboxylic acids is 4. The average Bonchev–Trinajstić information content (AvgIpc) is 4.07. The molecular weight excluding hydrogens is 727 g/mol. The van der Waals surface area contributed by atoms with E-state index in [2.05, 4.69) is 39.9 Å². The van der Waals surface area contributed by atoms with Crippen LogP contribution < -0.4 is 10.6 Å². The third-order valence-electron chi connectivity index (χ3n) is 12.3. The van der Waals surface area contributed by atoms with Crippen molar-refractivity contribution in [2.24, 2.45) is 22.7 Å². The van der Waals surface area contributed by atoms with E-state index in [1.807, 2.05) is 50.9 Å². The lowest BCUT2D eigenvalue weighted by atomic mass is 9.89. The van der Waals surface area contributed by atoms with E-state index in [-0.39, 0.29) is 41.8 Å². The third kappa shape index (κ3) is 7.03. The number of aliphatic imine (C=N–C) groups is 1. The van der Waals surface area contributed by atoms with E-state index < -0.39 is 24.3 Å². The molecule has 4 aromatic rings. The molecule has 14 heteroatoms. The Balaban J connectivity index is 0.981. The molecule has 1 saturated carbocycles. The van der Waals surface area contributed by atoms with Gasteiger partial charge >= 0.3 is 12.2 Å². The maximum absolute atomic E-state index is 14.0. The Bertz CT molecular complexity index is 2290. The second-order valence-electron chi connectivity index (χ2n) is 16.5. The fourth-order valence-corrected chi connectivity index (χ4v) is 9.39. The van der Waals surface area contributed by atoms with Gasteiger partial charge in [0.15, 0.2) is 0 Å². The molecule has 2 aromatic heterocycles. The number of furan rings is 1. The first-order valence-electron chi connectivity index (χ1n) is 20.0. The number of carbonyl (C=O) groups is 4. The van der Waals surface area contributed by atoms with Crippen LogP contribution in [0, 0.1) is 17.8 Å². The van der Waals surface area contributed by atoms with Crippen LogP contribution in [0.4, 0.5) is 9.59 Å². The number of benzene rings is 2. The maximum atomic E-state index is 14.0. The van der Waals surface area contributed by atoms with Crippen LogP contribution in [0.5, 0.6) is 0 Å². The van der Waals surface area contributed by atoms with E-state index in [4.69, 9.17) is 23.9 Å². The van der Waals surface area contributed by atoms with Crippen LogP contribution in [0.2, 0.25) is 0 Å². The average molecular weight is 778 g/mol. The van der Waals surface area contributed by atoms with Gasteiger partial charge in [0.1, 0.15) is 29.1 Å². The van der Waals surface area contributed by atoms with E-state index in [0.717, 1.165) is 82.1 Å². The molecule has 8 rings (SSSR count). The van der Waals surface area contributed by atoms with Gasteiger partial charge in [0.25, 0.3) is 0 Å². The molecule has 57 heavy (non-hydrogen) atoms. The summed E-state index contributed by atoms with van der Waals surface area (Å²) in [6, 6.07) is 10.8. The van der Waals surface area contributed by atoms with Gasteiger partial charge in [-0.15, -0.1) is 0 Å². The van der Waals surface area contributed by atoms with Crippen molar-refractivity contribution >= 4 is 57.2 Å². The fraction of sp³-hybridized carbons (Fsp3) is 0.488. The largest absolute Gasteiger partial charge is 0.456 e. The van der Waals surface area contributed by atoms with Crippen molar-refractivity contribution in [3.8, 4) is 11.3 Å².